The van der Waals surface area contributed by atoms with Crippen LogP contribution in [0.4, 0.5) is 0 Å². The van der Waals surface area contributed by atoms with Crippen molar-refractivity contribution >= 4 is 23.3 Å². The van der Waals surface area contributed by atoms with Crippen LogP contribution in [0.2, 0.25) is 0 Å². The summed E-state index contributed by atoms with van der Waals surface area (Å²) in [6.45, 7) is 9.99. The average Bonchev–Trinajstić information content (AvgIpc) is 2.54. The molecule has 4 heteroatoms. The minimum Gasteiger partial charge on any atom is -0.329 e. The number of hydrogen-bond donors (Lipinski definition) is 1. The quantitative estimate of drug-likeness (QED) is 0.822. The van der Waals surface area contributed by atoms with Crippen molar-refractivity contribution in [2.24, 2.45) is 11.3 Å². The number of nitrogens with one attached hydrogen (secondary N) is 1. The predicted octanol–water partition coefficient (Wildman–Crippen LogP) is 3.78. The van der Waals surface area contributed by atoms with E-state index in [0.717, 1.165) is 22.3 Å². The lowest BCUT2D eigenvalue weighted by Crippen LogP contribution is -2.22. The van der Waals surface area contributed by atoms with Gasteiger partial charge in [-0.15, -0.1) is 0 Å². The van der Waals surface area contributed by atoms with E-state index in [1.165, 1.54) is 0 Å². The lowest BCUT2D eigenvalue weighted by Gasteiger charge is -2.27. The first-order valence-electron chi connectivity index (χ1n) is 5.92. The fraction of sp³-hybridized carbons (Fsp3) is 0.538. The molecule has 92 valence electrons. The molecule has 0 aliphatic heterocycles. The standard InChI is InChI=1S/C13H19N3S/c1-9(13(2,3)4)8-16-11-5-6-14-7-10(11)15-12(16)17/h5-7,9H,8H2,1-4H3,(H,15,17). The molecule has 0 aromatic carbocycles. The fourth-order valence-electron chi connectivity index (χ4n) is 1.74. The van der Waals surface area contributed by atoms with Crippen LogP contribution in [0.1, 0.15) is 27.7 Å². The molecule has 1 unspecified atom stereocenters. The Hall–Kier alpha value is -1.16. The number of rotatable bonds is 2. The van der Waals surface area contributed by atoms with Crippen LogP contribution >= 0.6 is 12.2 Å². The SMILES string of the molecule is CC(Cn1c(=S)[nH]c2cnccc21)C(C)(C)C. The number of H-pyrrole nitrogens is 1. The number of imidazole rings is 1. The molecule has 0 bridgehead atoms. The minimum atomic E-state index is 0.283. The zero-order valence-corrected chi connectivity index (χ0v) is 11.6. The zero-order chi connectivity index (χ0) is 12.6. The van der Waals surface area contributed by atoms with Gasteiger partial charge in [-0.1, -0.05) is 27.7 Å². The normalized spacial score (nSPS) is 14.1. The van der Waals surface area contributed by atoms with Gasteiger partial charge in [0.2, 0.25) is 0 Å². The van der Waals surface area contributed by atoms with Gasteiger partial charge in [-0.3, -0.25) is 4.98 Å². The fourth-order valence-corrected chi connectivity index (χ4v) is 2.02. The molecule has 2 aromatic heterocycles. The summed E-state index contributed by atoms with van der Waals surface area (Å²) in [6.07, 6.45) is 3.63. The number of hydrogen-bond acceptors (Lipinski definition) is 2. The van der Waals surface area contributed by atoms with Crippen LogP contribution in [0, 0.1) is 16.1 Å². The van der Waals surface area contributed by atoms with Crippen molar-refractivity contribution < 1.29 is 0 Å². The predicted molar refractivity (Wildman–Crippen MR) is 73.5 cm³/mol. The van der Waals surface area contributed by atoms with E-state index < -0.39 is 0 Å². The number of nitrogens with zero attached hydrogens (tertiary/aromatic N) is 2. The molecule has 0 amide bonds. The van der Waals surface area contributed by atoms with Crippen LogP contribution in [-0.4, -0.2) is 14.5 Å². The molecule has 2 aromatic rings. The summed E-state index contributed by atoms with van der Waals surface area (Å²) < 4.78 is 2.95. The van der Waals surface area contributed by atoms with E-state index in [1.54, 1.807) is 0 Å². The van der Waals surface area contributed by atoms with Crippen molar-refractivity contribution in [1.29, 1.82) is 0 Å². The number of pyridine rings is 1. The highest BCUT2D eigenvalue weighted by Crippen LogP contribution is 2.28. The largest absolute Gasteiger partial charge is 0.329 e. The van der Waals surface area contributed by atoms with E-state index >= 15 is 0 Å². The maximum atomic E-state index is 5.37. The van der Waals surface area contributed by atoms with E-state index in [9.17, 15) is 0 Å². The summed E-state index contributed by atoms with van der Waals surface area (Å²) in [5.74, 6) is 0.557. The lowest BCUT2D eigenvalue weighted by atomic mass is 9.82. The van der Waals surface area contributed by atoms with Gasteiger partial charge in [-0.05, 0) is 29.6 Å². The smallest absolute Gasteiger partial charge is 0.178 e. The minimum absolute atomic E-state index is 0.283. The molecule has 0 aliphatic rings. The van der Waals surface area contributed by atoms with Gasteiger partial charge in [0.05, 0.1) is 17.2 Å². The molecule has 0 radical (unpaired) electrons. The summed E-state index contributed by atoms with van der Waals surface area (Å²) >= 11 is 5.37. The van der Waals surface area contributed by atoms with Crippen LogP contribution in [0.5, 0.6) is 0 Å². The van der Waals surface area contributed by atoms with Gasteiger partial charge in [-0.2, -0.15) is 0 Å². The molecule has 2 rings (SSSR count). The van der Waals surface area contributed by atoms with Gasteiger partial charge in [0.1, 0.15) is 0 Å². The van der Waals surface area contributed by atoms with E-state index in [0.29, 0.717) is 5.92 Å². The second-order valence-corrected chi connectivity index (χ2v) is 6.09. The van der Waals surface area contributed by atoms with E-state index in [4.69, 9.17) is 12.2 Å². The van der Waals surface area contributed by atoms with E-state index in [1.807, 2.05) is 18.5 Å². The summed E-state index contributed by atoms with van der Waals surface area (Å²) in [5, 5.41) is 0. The van der Waals surface area contributed by atoms with Crippen LogP contribution < -0.4 is 0 Å². The Morgan fingerprint density at radius 2 is 2.18 bits per heavy atom. The maximum Gasteiger partial charge on any atom is 0.178 e. The van der Waals surface area contributed by atoms with Crippen molar-refractivity contribution in [3.05, 3.63) is 23.2 Å². The van der Waals surface area contributed by atoms with Crippen LogP contribution in [0.15, 0.2) is 18.5 Å². The van der Waals surface area contributed by atoms with Crippen molar-refractivity contribution in [2.75, 3.05) is 0 Å². The summed E-state index contributed by atoms with van der Waals surface area (Å²) in [5.41, 5.74) is 2.44. The molecule has 1 N–H and O–H groups in total. The monoisotopic (exact) mass is 249 g/mol. The van der Waals surface area contributed by atoms with Crippen molar-refractivity contribution in [2.45, 2.75) is 34.2 Å². The Morgan fingerprint density at radius 1 is 1.47 bits per heavy atom. The number of aromatic amines is 1. The van der Waals surface area contributed by atoms with Gasteiger partial charge in [-0.25, -0.2) is 0 Å². The third kappa shape index (κ3) is 2.41. The molecule has 0 saturated carbocycles. The first-order valence-corrected chi connectivity index (χ1v) is 6.33. The van der Waals surface area contributed by atoms with Gasteiger partial charge >= 0.3 is 0 Å². The van der Waals surface area contributed by atoms with Gasteiger partial charge in [0, 0.05) is 12.7 Å². The molecule has 0 fully saturated rings. The topological polar surface area (TPSA) is 33.6 Å². The highest BCUT2D eigenvalue weighted by molar-refractivity contribution is 7.71. The Balaban J connectivity index is 2.43. The molecular weight excluding hydrogens is 230 g/mol. The zero-order valence-electron chi connectivity index (χ0n) is 10.8. The first-order chi connectivity index (χ1) is 7.89. The van der Waals surface area contributed by atoms with Crippen LogP contribution in [0.3, 0.4) is 0 Å². The molecule has 0 saturated heterocycles. The number of fused-ring (bicyclic) bond motifs is 1. The maximum absolute atomic E-state index is 5.37. The summed E-state index contributed by atoms with van der Waals surface area (Å²) in [6, 6.07) is 2.01. The number of aromatic nitrogens is 3. The van der Waals surface area contributed by atoms with Crippen molar-refractivity contribution in [3.63, 3.8) is 0 Å². The highest BCUT2D eigenvalue weighted by atomic mass is 32.1. The summed E-state index contributed by atoms with van der Waals surface area (Å²) in [7, 11) is 0. The Bertz CT molecular complexity index is 574. The van der Waals surface area contributed by atoms with E-state index in [-0.39, 0.29) is 5.41 Å². The first kappa shape index (κ1) is 12.3. The molecule has 0 aliphatic carbocycles. The Kier molecular flexibility index (Phi) is 3.08. The molecular formula is C13H19N3S. The van der Waals surface area contributed by atoms with Crippen LogP contribution in [0.25, 0.3) is 11.0 Å². The van der Waals surface area contributed by atoms with Gasteiger partial charge in [0.25, 0.3) is 0 Å². The lowest BCUT2D eigenvalue weighted by molar-refractivity contribution is 0.234. The molecule has 1 atom stereocenters. The second-order valence-electron chi connectivity index (χ2n) is 5.70. The van der Waals surface area contributed by atoms with Gasteiger partial charge in [0.15, 0.2) is 4.77 Å². The molecule has 17 heavy (non-hydrogen) atoms. The van der Waals surface area contributed by atoms with Crippen LogP contribution in [-0.2, 0) is 6.54 Å². The van der Waals surface area contributed by atoms with Gasteiger partial charge < -0.3 is 9.55 Å². The Morgan fingerprint density at radius 3 is 2.82 bits per heavy atom. The highest BCUT2D eigenvalue weighted by Gasteiger charge is 2.21. The molecule has 2 heterocycles. The van der Waals surface area contributed by atoms with E-state index in [2.05, 4.69) is 42.2 Å². The molecule has 0 spiro atoms. The average molecular weight is 249 g/mol. The molecule has 3 nitrogen and oxygen atoms in total. The Labute approximate surface area is 107 Å². The second kappa shape index (κ2) is 4.26. The third-order valence-corrected chi connectivity index (χ3v) is 3.83. The van der Waals surface area contributed by atoms with Crippen molar-refractivity contribution in [1.82, 2.24) is 14.5 Å². The third-order valence-electron chi connectivity index (χ3n) is 3.51. The summed E-state index contributed by atoms with van der Waals surface area (Å²) in [4.78, 5) is 7.30. The van der Waals surface area contributed by atoms with Crippen molar-refractivity contribution in [3.8, 4) is 0 Å².